The molecule has 0 aromatic heterocycles. The molecule has 1 rings (SSSR count). The first kappa shape index (κ1) is 9.91. The van der Waals surface area contributed by atoms with E-state index in [1.165, 1.54) is 0 Å². The molecule has 12 heavy (non-hydrogen) atoms. The van der Waals surface area contributed by atoms with E-state index >= 15 is 0 Å². The summed E-state index contributed by atoms with van der Waals surface area (Å²) in [7, 11) is 0. The van der Waals surface area contributed by atoms with Crippen LogP contribution in [0, 0.1) is 6.92 Å². The number of halogens is 3. The van der Waals surface area contributed by atoms with Crippen molar-refractivity contribution in [2.45, 2.75) is 6.92 Å². The third-order valence-electron chi connectivity index (χ3n) is 1.55. The summed E-state index contributed by atoms with van der Waals surface area (Å²) in [6.45, 7) is 1.95. The van der Waals surface area contributed by atoms with Crippen molar-refractivity contribution in [3.05, 3.63) is 39.9 Å². The highest BCUT2D eigenvalue weighted by molar-refractivity contribution is 6.66. The van der Waals surface area contributed by atoms with E-state index < -0.39 is 0 Å². The zero-order valence-electron chi connectivity index (χ0n) is 6.44. The van der Waals surface area contributed by atoms with Gasteiger partial charge in [0.2, 0.25) is 0 Å². The van der Waals surface area contributed by atoms with Gasteiger partial charge in [-0.05, 0) is 18.1 Å². The quantitative estimate of drug-likeness (QED) is 0.662. The van der Waals surface area contributed by atoms with Gasteiger partial charge < -0.3 is 0 Å². The lowest BCUT2D eigenvalue weighted by molar-refractivity contribution is 1.44. The van der Waals surface area contributed by atoms with Crippen molar-refractivity contribution >= 4 is 39.8 Å². The lowest BCUT2D eigenvalue weighted by atomic mass is 10.1. The second kappa shape index (κ2) is 4.18. The second-order valence-corrected chi connectivity index (χ2v) is 3.72. The van der Waals surface area contributed by atoms with Crippen LogP contribution in [0.5, 0.6) is 0 Å². The molecular weight excluding hydrogens is 214 g/mol. The Hall–Kier alpha value is -0.170. The van der Waals surface area contributed by atoms with Crippen LogP contribution in [0.1, 0.15) is 11.1 Å². The lowest BCUT2D eigenvalue weighted by Crippen LogP contribution is -1.82. The van der Waals surface area contributed by atoms with Crippen LogP contribution in [0.25, 0.3) is 5.03 Å². The van der Waals surface area contributed by atoms with Crippen molar-refractivity contribution < 1.29 is 0 Å². The Labute approximate surface area is 86.7 Å². The van der Waals surface area contributed by atoms with Gasteiger partial charge in [-0.15, -0.1) is 0 Å². The molecule has 1 aromatic rings. The SMILES string of the molecule is Cc1ccccc1C(Cl)=C(Cl)Cl. The molecule has 64 valence electrons. The first-order chi connectivity index (χ1) is 5.63. The minimum absolute atomic E-state index is 0.103. The van der Waals surface area contributed by atoms with Crippen molar-refractivity contribution in [3.8, 4) is 0 Å². The smallest absolute Gasteiger partial charge is 0.0810 e. The van der Waals surface area contributed by atoms with Crippen molar-refractivity contribution in [1.82, 2.24) is 0 Å². The summed E-state index contributed by atoms with van der Waals surface area (Å²) in [6.07, 6.45) is 0. The van der Waals surface area contributed by atoms with E-state index in [2.05, 4.69) is 0 Å². The van der Waals surface area contributed by atoms with Crippen LogP contribution < -0.4 is 0 Å². The lowest BCUT2D eigenvalue weighted by Gasteiger charge is -2.02. The number of rotatable bonds is 1. The predicted octanol–water partition coefficient (Wildman–Crippen LogP) is 4.34. The van der Waals surface area contributed by atoms with Crippen molar-refractivity contribution in [2.75, 3.05) is 0 Å². The fourth-order valence-electron chi connectivity index (χ4n) is 0.921. The van der Waals surface area contributed by atoms with Crippen LogP contribution >= 0.6 is 34.8 Å². The van der Waals surface area contributed by atoms with Gasteiger partial charge in [-0.2, -0.15) is 0 Å². The Morgan fingerprint density at radius 2 is 1.67 bits per heavy atom. The molecule has 0 radical (unpaired) electrons. The molecule has 0 bridgehead atoms. The monoisotopic (exact) mass is 220 g/mol. The predicted molar refractivity (Wildman–Crippen MR) is 55.7 cm³/mol. The number of aryl methyl sites for hydroxylation is 1. The van der Waals surface area contributed by atoms with Crippen LogP contribution in [0.2, 0.25) is 0 Å². The summed E-state index contributed by atoms with van der Waals surface area (Å²) in [5.74, 6) is 0. The van der Waals surface area contributed by atoms with Gasteiger partial charge in [0, 0.05) is 0 Å². The van der Waals surface area contributed by atoms with E-state index in [4.69, 9.17) is 34.8 Å². The van der Waals surface area contributed by atoms with E-state index in [0.29, 0.717) is 5.03 Å². The average molecular weight is 222 g/mol. The maximum absolute atomic E-state index is 5.86. The molecule has 3 heteroatoms. The van der Waals surface area contributed by atoms with Gasteiger partial charge in [-0.3, -0.25) is 0 Å². The van der Waals surface area contributed by atoms with Gasteiger partial charge in [0.15, 0.2) is 0 Å². The highest BCUT2D eigenvalue weighted by Gasteiger charge is 2.04. The molecule has 0 fully saturated rings. The van der Waals surface area contributed by atoms with Crippen molar-refractivity contribution in [1.29, 1.82) is 0 Å². The summed E-state index contributed by atoms with van der Waals surface area (Å²) in [5.41, 5.74) is 1.93. The summed E-state index contributed by atoms with van der Waals surface area (Å²) in [6, 6.07) is 7.66. The van der Waals surface area contributed by atoms with E-state index in [0.717, 1.165) is 11.1 Å². The fourth-order valence-corrected chi connectivity index (χ4v) is 1.34. The molecule has 0 nitrogen and oxygen atoms in total. The summed E-state index contributed by atoms with van der Waals surface area (Å²) < 4.78 is 0.103. The molecule has 1 aromatic carbocycles. The summed E-state index contributed by atoms with van der Waals surface area (Å²) in [4.78, 5) is 0. The molecule has 0 heterocycles. The van der Waals surface area contributed by atoms with E-state index in [1.807, 2.05) is 31.2 Å². The summed E-state index contributed by atoms with van der Waals surface area (Å²) in [5, 5.41) is 0.399. The van der Waals surface area contributed by atoms with Gasteiger partial charge in [0.05, 0.1) is 5.03 Å². The van der Waals surface area contributed by atoms with Crippen LogP contribution in [0.3, 0.4) is 0 Å². The normalized spacial score (nSPS) is 9.67. The van der Waals surface area contributed by atoms with Crippen LogP contribution in [-0.2, 0) is 0 Å². The van der Waals surface area contributed by atoms with E-state index in [-0.39, 0.29) is 4.49 Å². The number of hydrogen-bond donors (Lipinski definition) is 0. The first-order valence-corrected chi connectivity index (χ1v) is 4.53. The highest BCUT2D eigenvalue weighted by atomic mass is 35.5. The van der Waals surface area contributed by atoms with Gasteiger partial charge in [0.25, 0.3) is 0 Å². The molecule has 0 spiro atoms. The van der Waals surface area contributed by atoms with Crippen molar-refractivity contribution in [3.63, 3.8) is 0 Å². The third kappa shape index (κ3) is 2.16. The van der Waals surface area contributed by atoms with Crippen LogP contribution in [-0.4, -0.2) is 0 Å². The average Bonchev–Trinajstić information content (AvgIpc) is 2.04. The molecule has 0 aliphatic carbocycles. The maximum atomic E-state index is 5.86. The van der Waals surface area contributed by atoms with E-state index in [1.54, 1.807) is 0 Å². The molecule has 0 saturated heterocycles. The first-order valence-electron chi connectivity index (χ1n) is 3.39. The summed E-state index contributed by atoms with van der Waals surface area (Å²) >= 11 is 17.0. The Balaban J connectivity index is 3.21. The van der Waals surface area contributed by atoms with Gasteiger partial charge in [0.1, 0.15) is 4.49 Å². The zero-order chi connectivity index (χ0) is 9.14. The fraction of sp³-hybridized carbons (Fsp3) is 0.111. The van der Waals surface area contributed by atoms with Gasteiger partial charge in [-0.1, -0.05) is 59.1 Å². The Morgan fingerprint density at radius 3 is 2.17 bits per heavy atom. The largest absolute Gasteiger partial charge is 0.126 e. The Morgan fingerprint density at radius 1 is 1.08 bits per heavy atom. The second-order valence-electron chi connectivity index (χ2n) is 2.39. The zero-order valence-corrected chi connectivity index (χ0v) is 8.71. The van der Waals surface area contributed by atoms with Crippen molar-refractivity contribution in [2.24, 2.45) is 0 Å². The van der Waals surface area contributed by atoms with Gasteiger partial charge in [-0.25, -0.2) is 0 Å². The number of benzene rings is 1. The molecule has 0 unspecified atom stereocenters. The number of hydrogen-bond acceptors (Lipinski definition) is 0. The van der Waals surface area contributed by atoms with Crippen LogP contribution in [0.4, 0.5) is 0 Å². The molecule has 0 amide bonds. The van der Waals surface area contributed by atoms with Crippen LogP contribution in [0.15, 0.2) is 28.8 Å². The maximum Gasteiger partial charge on any atom is 0.126 e. The van der Waals surface area contributed by atoms with Gasteiger partial charge >= 0.3 is 0 Å². The topological polar surface area (TPSA) is 0 Å². The molecular formula is C9H7Cl3. The third-order valence-corrected chi connectivity index (χ3v) is 2.51. The molecule has 0 aliphatic heterocycles. The molecule has 0 aliphatic rings. The highest BCUT2D eigenvalue weighted by Crippen LogP contribution is 2.29. The Bertz CT molecular complexity index is 311. The molecule has 0 N–H and O–H groups in total. The minimum atomic E-state index is 0.103. The van der Waals surface area contributed by atoms with E-state index in [9.17, 15) is 0 Å². The minimum Gasteiger partial charge on any atom is -0.0810 e. The molecule has 0 saturated carbocycles. The molecule has 0 atom stereocenters. The Kier molecular flexibility index (Phi) is 3.45. The standard InChI is InChI=1S/C9H7Cl3/c1-6-4-2-3-5-7(6)8(10)9(11)12/h2-5H,1H3.